The van der Waals surface area contributed by atoms with Crippen molar-refractivity contribution in [1.82, 2.24) is 9.97 Å². The van der Waals surface area contributed by atoms with Gasteiger partial charge < -0.3 is 15.5 Å². The Balaban J connectivity index is 1.97. The second-order valence-electron chi connectivity index (χ2n) is 6.78. The normalized spacial score (nSPS) is 15.2. The van der Waals surface area contributed by atoms with E-state index < -0.39 is 11.7 Å². The van der Waals surface area contributed by atoms with Gasteiger partial charge in [0.05, 0.1) is 16.5 Å². The number of anilines is 1. The highest BCUT2D eigenvalue weighted by molar-refractivity contribution is 6.30. The third-order valence-corrected chi connectivity index (χ3v) is 4.80. The summed E-state index contributed by atoms with van der Waals surface area (Å²) in [5.74, 6) is -0.272. The first-order chi connectivity index (χ1) is 12.3. The van der Waals surface area contributed by atoms with E-state index in [-0.39, 0.29) is 33.2 Å². The number of benzene rings is 1. The number of hydrogen-bond acceptors (Lipinski definition) is 5. The van der Waals surface area contributed by atoms with Crippen LogP contribution in [0.25, 0.3) is 22.5 Å². The number of furan rings is 1. The maximum Gasteiger partial charge on any atom is 0.253 e. The Morgan fingerprint density at radius 1 is 1.38 bits per heavy atom. The van der Waals surface area contributed by atoms with Crippen molar-refractivity contribution in [3.05, 3.63) is 40.4 Å². The van der Waals surface area contributed by atoms with Gasteiger partial charge in [-0.25, -0.2) is 9.37 Å². The highest BCUT2D eigenvalue weighted by Crippen LogP contribution is 2.41. The molecular formula is C18H16ClFN4O2. The molecule has 0 unspecified atom stereocenters. The molecule has 1 amide bonds. The topological polar surface area (TPSA) is 94.0 Å². The third-order valence-electron chi connectivity index (χ3n) is 4.57. The number of carbonyl (C=O) groups excluding carboxylic acids is 1. The zero-order chi connectivity index (χ0) is 18.6. The van der Waals surface area contributed by atoms with E-state index in [1.54, 1.807) is 13.0 Å². The Bertz CT molecular complexity index is 1060. The molecule has 2 aromatic heterocycles. The van der Waals surface area contributed by atoms with Gasteiger partial charge in [-0.05, 0) is 44.9 Å². The fourth-order valence-electron chi connectivity index (χ4n) is 2.89. The second-order valence-corrected chi connectivity index (χ2v) is 7.22. The van der Waals surface area contributed by atoms with Crippen LogP contribution in [0.1, 0.15) is 35.9 Å². The van der Waals surface area contributed by atoms with Crippen LogP contribution in [0.5, 0.6) is 0 Å². The van der Waals surface area contributed by atoms with Crippen LogP contribution in [0.3, 0.4) is 0 Å². The maximum absolute atomic E-state index is 14.3. The fourth-order valence-corrected chi connectivity index (χ4v) is 3.05. The molecule has 1 aliphatic carbocycles. The lowest BCUT2D eigenvalue weighted by Crippen LogP contribution is -2.19. The van der Waals surface area contributed by atoms with Crippen LogP contribution in [0, 0.1) is 12.7 Å². The molecule has 2 heterocycles. The summed E-state index contributed by atoms with van der Waals surface area (Å²) in [6.45, 7) is 3.67. The standard InChI is InChI=1S/C18H16ClFN4O2/c1-8-12(14(21)25)13-16(24-18(2)5-6-18)22-15(23-17(13)26-8)10-4-3-9(19)7-11(10)20/h3-4,7H,5-6H2,1-2H3,(H2,21,25)(H,22,23,24). The minimum absolute atomic E-state index is 0.128. The molecule has 0 aliphatic heterocycles. The third kappa shape index (κ3) is 2.78. The molecular weight excluding hydrogens is 359 g/mol. The SMILES string of the molecule is Cc1oc2nc(-c3ccc(Cl)cc3F)nc(NC3(C)CC3)c2c1C(N)=O. The van der Waals surface area contributed by atoms with Crippen molar-refractivity contribution in [2.75, 3.05) is 5.32 Å². The zero-order valence-corrected chi connectivity index (χ0v) is 14.9. The number of nitrogens with zero attached hydrogens (tertiary/aromatic N) is 2. The van der Waals surface area contributed by atoms with Crippen molar-refractivity contribution >= 4 is 34.4 Å². The molecule has 1 saturated carbocycles. The highest BCUT2D eigenvalue weighted by atomic mass is 35.5. The van der Waals surface area contributed by atoms with Crippen molar-refractivity contribution in [2.45, 2.75) is 32.2 Å². The molecule has 3 aromatic rings. The summed E-state index contributed by atoms with van der Waals surface area (Å²) in [6, 6.07) is 4.26. The molecule has 0 saturated heterocycles. The predicted molar refractivity (Wildman–Crippen MR) is 96.7 cm³/mol. The lowest BCUT2D eigenvalue weighted by Gasteiger charge is -2.14. The lowest BCUT2D eigenvalue weighted by molar-refractivity contribution is 0.1000. The molecule has 26 heavy (non-hydrogen) atoms. The number of rotatable bonds is 4. The summed E-state index contributed by atoms with van der Waals surface area (Å²) in [5.41, 5.74) is 5.98. The quantitative estimate of drug-likeness (QED) is 0.718. The summed E-state index contributed by atoms with van der Waals surface area (Å²) in [5, 5.41) is 4.01. The van der Waals surface area contributed by atoms with E-state index in [9.17, 15) is 9.18 Å². The Labute approximate surface area is 153 Å². The number of hydrogen-bond donors (Lipinski definition) is 2. The maximum atomic E-state index is 14.3. The fraction of sp³-hybridized carbons (Fsp3) is 0.278. The van der Waals surface area contributed by atoms with E-state index in [4.69, 9.17) is 21.8 Å². The number of aromatic nitrogens is 2. The molecule has 1 aromatic carbocycles. The van der Waals surface area contributed by atoms with Gasteiger partial charge in [-0.15, -0.1) is 0 Å². The monoisotopic (exact) mass is 374 g/mol. The number of amides is 1. The minimum atomic E-state index is -0.626. The van der Waals surface area contributed by atoms with Gasteiger partial charge in [-0.3, -0.25) is 4.79 Å². The first-order valence-electron chi connectivity index (χ1n) is 8.12. The Hall–Kier alpha value is -2.67. The average Bonchev–Trinajstić information content (AvgIpc) is 3.15. The van der Waals surface area contributed by atoms with Crippen LogP contribution in [0.15, 0.2) is 22.6 Å². The predicted octanol–water partition coefficient (Wildman–Crippen LogP) is 4.05. The van der Waals surface area contributed by atoms with Crippen LogP contribution in [-0.2, 0) is 0 Å². The minimum Gasteiger partial charge on any atom is -0.442 e. The summed E-state index contributed by atoms with van der Waals surface area (Å²) in [6.07, 6.45) is 1.93. The summed E-state index contributed by atoms with van der Waals surface area (Å²) < 4.78 is 20.0. The summed E-state index contributed by atoms with van der Waals surface area (Å²) >= 11 is 5.82. The number of primary amides is 1. The molecule has 1 fully saturated rings. The van der Waals surface area contributed by atoms with Gasteiger partial charge >= 0.3 is 0 Å². The molecule has 3 N–H and O–H groups in total. The van der Waals surface area contributed by atoms with Gasteiger partial charge in [0.15, 0.2) is 5.82 Å². The van der Waals surface area contributed by atoms with E-state index in [1.807, 2.05) is 6.92 Å². The molecule has 8 heteroatoms. The van der Waals surface area contributed by atoms with E-state index >= 15 is 0 Å². The summed E-state index contributed by atoms with van der Waals surface area (Å²) in [4.78, 5) is 20.7. The van der Waals surface area contributed by atoms with Crippen molar-refractivity contribution in [2.24, 2.45) is 5.73 Å². The number of carbonyl (C=O) groups is 1. The largest absolute Gasteiger partial charge is 0.442 e. The van der Waals surface area contributed by atoms with Crippen LogP contribution in [0.2, 0.25) is 5.02 Å². The Morgan fingerprint density at radius 3 is 2.73 bits per heavy atom. The molecule has 0 bridgehead atoms. The second kappa shape index (κ2) is 5.67. The molecule has 134 valence electrons. The molecule has 6 nitrogen and oxygen atoms in total. The van der Waals surface area contributed by atoms with Gasteiger partial charge in [-0.1, -0.05) is 11.6 Å². The van der Waals surface area contributed by atoms with Gasteiger partial charge in [0.2, 0.25) is 5.71 Å². The van der Waals surface area contributed by atoms with Crippen molar-refractivity contribution < 1.29 is 13.6 Å². The van der Waals surface area contributed by atoms with E-state index in [1.165, 1.54) is 12.1 Å². The van der Waals surface area contributed by atoms with Gasteiger partial charge in [0.25, 0.3) is 5.91 Å². The molecule has 4 rings (SSSR count). The van der Waals surface area contributed by atoms with E-state index in [2.05, 4.69) is 15.3 Å². The number of nitrogens with two attached hydrogens (primary N) is 1. The number of halogens is 2. The molecule has 0 atom stereocenters. The molecule has 1 aliphatic rings. The highest BCUT2D eigenvalue weighted by Gasteiger charge is 2.39. The first-order valence-corrected chi connectivity index (χ1v) is 8.50. The lowest BCUT2D eigenvalue weighted by atomic mass is 10.1. The van der Waals surface area contributed by atoms with Crippen molar-refractivity contribution in [1.29, 1.82) is 0 Å². The Morgan fingerprint density at radius 2 is 2.12 bits per heavy atom. The van der Waals surface area contributed by atoms with Gasteiger partial charge in [0.1, 0.15) is 17.4 Å². The van der Waals surface area contributed by atoms with Gasteiger partial charge in [-0.2, -0.15) is 4.98 Å². The molecule has 0 spiro atoms. The van der Waals surface area contributed by atoms with Crippen LogP contribution < -0.4 is 11.1 Å². The van der Waals surface area contributed by atoms with Crippen LogP contribution in [-0.4, -0.2) is 21.4 Å². The summed E-state index contributed by atoms with van der Waals surface area (Å²) in [7, 11) is 0. The molecule has 0 radical (unpaired) electrons. The van der Waals surface area contributed by atoms with Crippen molar-refractivity contribution in [3.63, 3.8) is 0 Å². The van der Waals surface area contributed by atoms with Gasteiger partial charge in [0, 0.05) is 10.6 Å². The smallest absolute Gasteiger partial charge is 0.253 e. The number of nitrogens with one attached hydrogen (secondary N) is 1. The van der Waals surface area contributed by atoms with E-state index in [0.29, 0.717) is 17.0 Å². The first kappa shape index (κ1) is 16.8. The van der Waals surface area contributed by atoms with Crippen LogP contribution in [0.4, 0.5) is 10.2 Å². The Kier molecular flexibility index (Phi) is 3.66. The average molecular weight is 375 g/mol. The number of fused-ring (bicyclic) bond motifs is 1. The number of aryl methyl sites for hydroxylation is 1. The zero-order valence-electron chi connectivity index (χ0n) is 14.2. The van der Waals surface area contributed by atoms with Crippen LogP contribution >= 0.6 is 11.6 Å². The van der Waals surface area contributed by atoms with Crippen molar-refractivity contribution in [3.8, 4) is 11.4 Å². The van der Waals surface area contributed by atoms with E-state index in [0.717, 1.165) is 12.8 Å².